The number of carbonyl (C=O) groups is 1. The highest BCUT2D eigenvalue weighted by Crippen LogP contribution is 2.37. The van der Waals surface area contributed by atoms with Crippen LogP contribution < -0.4 is 9.21 Å². The van der Waals surface area contributed by atoms with Crippen molar-refractivity contribution in [3.8, 4) is 0 Å². The Bertz CT molecular complexity index is 880. The summed E-state index contributed by atoms with van der Waals surface area (Å²) in [6.45, 7) is 1.71. The highest BCUT2D eigenvalue weighted by atomic mass is 35.5. The number of aryl methyl sites for hydroxylation is 1. The molecular weight excluding hydrogens is 324 g/mol. The molecule has 22 heavy (non-hydrogen) atoms. The minimum Gasteiger partial charge on any atom is -0.295 e. The number of nitrogens with zero attached hydrogens (tertiary/aromatic N) is 2. The molecule has 0 bridgehead atoms. The van der Waals surface area contributed by atoms with Crippen molar-refractivity contribution in [3.63, 3.8) is 0 Å². The summed E-state index contributed by atoms with van der Waals surface area (Å²) in [5.41, 5.74) is 1.28. The molecule has 0 atom stereocenters. The van der Waals surface area contributed by atoms with Crippen LogP contribution in [-0.2, 0) is 10.0 Å². The molecule has 2 aromatic rings. The summed E-state index contributed by atoms with van der Waals surface area (Å²) in [7, 11) is -2.40. The van der Waals surface area contributed by atoms with Crippen LogP contribution in [-0.4, -0.2) is 21.5 Å². The summed E-state index contributed by atoms with van der Waals surface area (Å²) >= 11 is 5.91. The van der Waals surface area contributed by atoms with E-state index >= 15 is 0 Å². The van der Waals surface area contributed by atoms with E-state index < -0.39 is 16.1 Å². The van der Waals surface area contributed by atoms with E-state index in [2.05, 4.69) is 0 Å². The average Bonchev–Trinajstić information content (AvgIpc) is 2.47. The van der Waals surface area contributed by atoms with Crippen molar-refractivity contribution in [2.75, 3.05) is 16.3 Å². The number of sulfonamides is 1. The maximum atomic E-state index is 12.8. The van der Waals surface area contributed by atoms with Gasteiger partial charge in [-0.1, -0.05) is 23.7 Å². The third-order valence-corrected chi connectivity index (χ3v) is 5.55. The second kappa shape index (κ2) is 5.00. The molecule has 0 N–H and O–H groups in total. The van der Waals surface area contributed by atoms with Gasteiger partial charge < -0.3 is 0 Å². The molecule has 0 saturated carbocycles. The number of amides is 2. The lowest BCUT2D eigenvalue weighted by Crippen LogP contribution is -2.49. The first kappa shape index (κ1) is 14.9. The molecule has 1 aliphatic rings. The van der Waals surface area contributed by atoms with Crippen LogP contribution in [0.5, 0.6) is 0 Å². The van der Waals surface area contributed by atoms with Crippen LogP contribution in [0.3, 0.4) is 0 Å². The largest absolute Gasteiger partial charge is 0.342 e. The van der Waals surface area contributed by atoms with E-state index in [-0.39, 0.29) is 4.90 Å². The fourth-order valence-electron chi connectivity index (χ4n) is 2.47. The monoisotopic (exact) mass is 336 g/mol. The standard InChI is InChI=1S/C15H13ClN2O3S/c1-10-9-11(16)7-8-12(10)18-15(19)17(2)13-5-3-4-6-14(13)22(18,20)21/h3-9H,1-2H3. The van der Waals surface area contributed by atoms with Crippen LogP contribution >= 0.6 is 11.6 Å². The lowest BCUT2D eigenvalue weighted by molar-refractivity contribution is 0.255. The zero-order valence-electron chi connectivity index (χ0n) is 11.9. The lowest BCUT2D eigenvalue weighted by atomic mass is 10.2. The molecule has 0 aromatic heterocycles. The van der Waals surface area contributed by atoms with E-state index in [1.807, 2.05) is 0 Å². The molecule has 0 aliphatic carbocycles. The first-order valence-corrected chi connectivity index (χ1v) is 8.34. The predicted molar refractivity (Wildman–Crippen MR) is 86.1 cm³/mol. The number of hydrogen-bond donors (Lipinski definition) is 0. The highest BCUT2D eigenvalue weighted by Gasteiger charge is 2.41. The van der Waals surface area contributed by atoms with Crippen LogP contribution in [0.2, 0.25) is 5.02 Å². The Morgan fingerprint density at radius 3 is 2.41 bits per heavy atom. The highest BCUT2D eigenvalue weighted by molar-refractivity contribution is 7.94. The predicted octanol–water partition coefficient (Wildman–Crippen LogP) is 3.41. The molecule has 0 saturated heterocycles. The Morgan fingerprint density at radius 1 is 1.05 bits per heavy atom. The van der Waals surface area contributed by atoms with Crippen molar-refractivity contribution in [1.82, 2.24) is 0 Å². The maximum Gasteiger partial charge on any atom is 0.342 e. The van der Waals surface area contributed by atoms with Crippen LogP contribution in [0.4, 0.5) is 16.2 Å². The Balaban J connectivity index is 2.27. The van der Waals surface area contributed by atoms with Gasteiger partial charge in [-0.2, -0.15) is 4.31 Å². The number of hydrogen-bond acceptors (Lipinski definition) is 3. The number of carbonyl (C=O) groups excluding carboxylic acids is 1. The number of benzene rings is 2. The molecule has 1 aliphatic heterocycles. The van der Waals surface area contributed by atoms with Gasteiger partial charge in [0.2, 0.25) is 0 Å². The van der Waals surface area contributed by atoms with E-state index in [0.29, 0.717) is 22.0 Å². The number of fused-ring (bicyclic) bond motifs is 1. The van der Waals surface area contributed by atoms with E-state index in [9.17, 15) is 13.2 Å². The molecule has 1 heterocycles. The van der Waals surface area contributed by atoms with Gasteiger partial charge in [-0.25, -0.2) is 13.2 Å². The Hall–Kier alpha value is -2.05. The molecule has 0 radical (unpaired) electrons. The van der Waals surface area contributed by atoms with Crippen molar-refractivity contribution < 1.29 is 13.2 Å². The molecule has 2 aromatic carbocycles. The van der Waals surface area contributed by atoms with Gasteiger partial charge in [-0.05, 0) is 42.8 Å². The number of urea groups is 1. The second-order valence-electron chi connectivity index (χ2n) is 5.01. The Kier molecular flexibility index (Phi) is 3.38. The number of para-hydroxylation sites is 1. The molecule has 0 unspecified atom stereocenters. The van der Waals surface area contributed by atoms with Gasteiger partial charge in [-0.3, -0.25) is 4.90 Å². The topological polar surface area (TPSA) is 57.7 Å². The van der Waals surface area contributed by atoms with Crippen LogP contribution in [0.15, 0.2) is 47.4 Å². The normalized spacial score (nSPS) is 16.6. The molecule has 2 amide bonds. The molecule has 0 spiro atoms. The summed E-state index contributed by atoms with van der Waals surface area (Å²) in [6, 6.07) is 10.5. The van der Waals surface area contributed by atoms with Crippen molar-refractivity contribution >= 4 is 39.0 Å². The van der Waals surface area contributed by atoms with Crippen LogP contribution in [0.1, 0.15) is 5.56 Å². The van der Waals surface area contributed by atoms with Crippen LogP contribution in [0, 0.1) is 6.92 Å². The summed E-state index contributed by atoms with van der Waals surface area (Å²) in [5.74, 6) is 0. The van der Waals surface area contributed by atoms with E-state index in [0.717, 1.165) is 4.31 Å². The Labute approximate surface area is 133 Å². The first-order chi connectivity index (χ1) is 10.3. The minimum atomic E-state index is -3.95. The summed E-state index contributed by atoms with van der Waals surface area (Å²) in [6.07, 6.45) is 0. The van der Waals surface area contributed by atoms with Gasteiger partial charge in [0.05, 0.1) is 11.4 Å². The molecule has 7 heteroatoms. The number of rotatable bonds is 1. The molecule has 5 nitrogen and oxygen atoms in total. The summed E-state index contributed by atoms with van der Waals surface area (Å²) in [4.78, 5) is 14.0. The molecule has 0 fully saturated rings. The van der Waals surface area contributed by atoms with Gasteiger partial charge in [-0.15, -0.1) is 0 Å². The summed E-state index contributed by atoms with van der Waals surface area (Å²) in [5, 5.41) is 0.483. The van der Waals surface area contributed by atoms with Crippen molar-refractivity contribution in [3.05, 3.63) is 53.1 Å². The van der Waals surface area contributed by atoms with E-state index in [1.165, 1.54) is 17.0 Å². The average molecular weight is 337 g/mol. The van der Waals surface area contributed by atoms with Gasteiger partial charge in [0.25, 0.3) is 10.0 Å². The Morgan fingerprint density at radius 2 is 1.73 bits per heavy atom. The van der Waals surface area contributed by atoms with Gasteiger partial charge in [0, 0.05) is 12.1 Å². The number of anilines is 2. The SMILES string of the molecule is Cc1cc(Cl)ccc1N1C(=O)N(C)c2ccccc2S1(=O)=O. The fourth-order valence-corrected chi connectivity index (χ4v) is 4.41. The third-order valence-electron chi connectivity index (χ3n) is 3.58. The molecule has 3 rings (SSSR count). The zero-order valence-corrected chi connectivity index (χ0v) is 13.5. The maximum absolute atomic E-state index is 12.8. The quantitative estimate of drug-likeness (QED) is 0.801. The zero-order chi connectivity index (χ0) is 16.1. The van der Waals surface area contributed by atoms with E-state index in [1.54, 1.807) is 44.3 Å². The van der Waals surface area contributed by atoms with Crippen molar-refractivity contribution in [1.29, 1.82) is 0 Å². The third kappa shape index (κ3) is 2.07. The van der Waals surface area contributed by atoms with Crippen LogP contribution in [0.25, 0.3) is 0 Å². The lowest BCUT2D eigenvalue weighted by Gasteiger charge is -2.34. The molecule has 114 valence electrons. The summed E-state index contributed by atoms with van der Waals surface area (Å²) < 4.78 is 26.5. The van der Waals surface area contributed by atoms with E-state index in [4.69, 9.17) is 11.6 Å². The first-order valence-electron chi connectivity index (χ1n) is 6.52. The second-order valence-corrected chi connectivity index (χ2v) is 7.20. The number of halogens is 1. The smallest absolute Gasteiger partial charge is 0.295 e. The van der Waals surface area contributed by atoms with Crippen molar-refractivity contribution in [2.45, 2.75) is 11.8 Å². The minimum absolute atomic E-state index is 0.103. The fraction of sp³-hybridized carbons (Fsp3) is 0.133. The molecular formula is C15H13ClN2O3S. The van der Waals surface area contributed by atoms with Crippen molar-refractivity contribution in [2.24, 2.45) is 0 Å². The van der Waals surface area contributed by atoms with Gasteiger partial charge >= 0.3 is 6.03 Å². The van der Waals surface area contributed by atoms with Gasteiger partial charge in [0.15, 0.2) is 0 Å². The van der Waals surface area contributed by atoms with Gasteiger partial charge in [0.1, 0.15) is 4.90 Å².